The summed E-state index contributed by atoms with van der Waals surface area (Å²) in [5, 5.41) is 3.02. The molecule has 0 aliphatic carbocycles. The minimum atomic E-state index is -0.134. The first-order valence-electron chi connectivity index (χ1n) is 7.33. The standard InChI is InChI=1S/C17H16Br2N2O2/c18-12-5-6-16(21-7-9-23-10-8-21)15(11-12)20-17(22)13-3-1-2-4-14(13)19/h1-6,11H,7-10H2,(H,20,22). The number of carbonyl (C=O) groups is 1. The molecule has 0 atom stereocenters. The summed E-state index contributed by atoms with van der Waals surface area (Å²) in [6, 6.07) is 13.3. The highest BCUT2D eigenvalue weighted by Crippen LogP contribution is 2.31. The van der Waals surface area contributed by atoms with Crippen LogP contribution in [0.25, 0.3) is 0 Å². The number of hydrogen-bond donors (Lipinski definition) is 1. The Morgan fingerprint density at radius 3 is 2.57 bits per heavy atom. The minimum absolute atomic E-state index is 0.134. The van der Waals surface area contributed by atoms with Gasteiger partial charge in [0.05, 0.1) is 30.2 Å². The molecule has 1 N–H and O–H groups in total. The van der Waals surface area contributed by atoms with Crippen molar-refractivity contribution in [2.45, 2.75) is 0 Å². The predicted octanol–water partition coefficient (Wildman–Crippen LogP) is 4.30. The summed E-state index contributed by atoms with van der Waals surface area (Å²) in [4.78, 5) is 14.8. The van der Waals surface area contributed by atoms with Gasteiger partial charge in [-0.05, 0) is 46.3 Å². The van der Waals surface area contributed by atoms with Crippen molar-refractivity contribution < 1.29 is 9.53 Å². The van der Waals surface area contributed by atoms with E-state index in [1.54, 1.807) is 6.07 Å². The van der Waals surface area contributed by atoms with Gasteiger partial charge in [-0.3, -0.25) is 4.79 Å². The van der Waals surface area contributed by atoms with Gasteiger partial charge in [-0.25, -0.2) is 0 Å². The topological polar surface area (TPSA) is 41.6 Å². The molecule has 0 saturated carbocycles. The Balaban J connectivity index is 1.88. The van der Waals surface area contributed by atoms with Gasteiger partial charge in [0, 0.05) is 22.0 Å². The summed E-state index contributed by atoms with van der Waals surface area (Å²) < 4.78 is 7.11. The number of carbonyl (C=O) groups excluding carboxylic acids is 1. The van der Waals surface area contributed by atoms with Crippen molar-refractivity contribution >= 4 is 49.1 Å². The van der Waals surface area contributed by atoms with E-state index in [1.165, 1.54) is 0 Å². The van der Waals surface area contributed by atoms with E-state index in [0.717, 1.165) is 33.4 Å². The van der Waals surface area contributed by atoms with Crippen molar-refractivity contribution in [3.63, 3.8) is 0 Å². The maximum absolute atomic E-state index is 12.6. The molecule has 1 aliphatic rings. The molecule has 0 aromatic heterocycles. The molecule has 1 heterocycles. The average molecular weight is 440 g/mol. The van der Waals surface area contributed by atoms with Gasteiger partial charge in [0.25, 0.3) is 5.91 Å². The highest BCUT2D eigenvalue weighted by molar-refractivity contribution is 9.10. The Labute approximate surface area is 152 Å². The van der Waals surface area contributed by atoms with E-state index in [2.05, 4.69) is 42.1 Å². The van der Waals surface area contributed by atoms with Gasteiger partial charge < -0.3 is 15.0 Å². The normalized spacial score (nSPS) is 14.6. The monoisotopic (exact) mass is 438 g/mol. The third-order valence-electron chi connectivity index (χ3n) is 3.68. The first-order chi connectivity index (χ1) is 11.1. The third-order valence-corrected chi connectivity index (χ3v) is 4.86. The number of hydrogen-bond acceptors (Lipinski definition) is 3. The molecule has 120 valence electrons. The number of amides is 1. The minimum Gasteiger partial charge on any atom is -0.378 e. The maximum Gasteiger partial charge on any atom is 0.256 e. The summed E-state index contributed by atoms with van der Waals surface area (Å²) in [7, 11) is 0. The number of nitrogens with zero attached hydrogens (tertiary/aromatic N) is 1. The van der Waals surface area contributed by atoms with E-state index in [4.69, 9.17) is 4.74 Å². The van der Waals surface area contributed by atoms with Crippen LogP contribution in [0.4, 0.5) is 11.4 Å². The molecule has 2 aromatic rings. The molecule has 2 aromatic carbocycles. The second-order valence-electron chi connectivity index (χ2n) is 5.19. The number of benzene rings is 2. The Morgan fingerprint density at radius 2 is 1.83 bits per heavy atom. The van der Waals surface area contributed by atoms with Crippen LogP contribution < -0.4 is 10.2 Å². The highest BCUT2D eigenvalue weighted by Gasteiger charge is 2.17. The first kappa shape index (κ1) is 16.5. The van der Waals surface area contributed by atoms with Crippen LogP contribution in [0.5, 0.6) is 0 Å². The van der Waals surface area contributed by atoms with Gasteiger partial charge in [0.2, 0.25) is 0 Å². The fourth-order valence-corrected chi connectivity index (χ4v) is 3.35. The number of morpholine rings is 1. The molecular formula is C17H16Br2N2O2. The zero-order valence-electron chi connectivity index (χ0n) is 12.4. The molecule has 4 nitrogen and oxygen atoms in total. The van der Waals surface area contributed by atoms with Crippen LogP contribution in [0.3, 0.4) is 0 Å². The van der Waals surface area contributed by atoms with Crippen molar-refractivity contribution in [2.24, 2.45) is 0 Å². The Morgan fingerprint density at radius 1 is 1.09 bits per heavy atom. The average Bonchev–Trinajstić information content (AvgIpc) is 2.56. The predicted molar refractivity (Wildman–Crippen MR) is 99.3 cm³/mol. The van der Waals surface area contributed by atoms with E-state index in [-0.39, 0.29) is 5.91 Å². The van der Waals surface area contributed by atoms with Crippen LogP contribution in [0.2, 0.25) is 0 Å². The van der Waals surface area contributed by atoms with Crippen LogP contribution in [0.1, 0.15) is 10.4 Å². The summed E-state index contributed by atoms with van der Waals surface area (Å²) in [5.41, 5.74) is 2.42. The number of rotatable bonds is 3. The lowest BCUT2D eigenvalue weighted by molar-refractivity contribution is 0.102. The lowest BCUT2D eigenvalue weighted by Gasteiger charge is -2.30. The molecular weight excluding hydrogens is 424 g/mol. The lowest BCUT2D eigenvalue weighted by atomic mass is 10.2. The Bertz CT molecular complexity index is 715. The molecule has 1 fully saturated rings. The van der Waals surface area contributed by atoms with Crippen LogP contribution in [-0.2, 0) is 4.74 Å². The zero-order chi connectivity index (χ0) is 16.2. The number of halogens is 2. The summed E-state index contributed by atoms with van der Waals surface area (Å²) in [6.45, 7) is 3.04. The van der Waals surface area contributed by atoms with Gasteiger partial charge in [0.15, 0.2) is 0 Å². The van der Waals surface area contributed by atoms with E-state index in [1.807, 2.05) is 36.4 Å². The summed E-state index contributed by atoms with van der Waals surface area (Å²) in [6.07, 6.45) is 0. The smallest absolute Gasteiger partial charge is 0.256 e. The molecule has 0 unspecified atom stereocenters. The molecule has 23 heavy (non-hydrogen) atoms. The molecule has 1 amide bonds. The molecule has 0 radical (unpaired) electrons. The number of ether oxygens (including phenoxy) is 1. The van der Waals surface area contributed by atoms with Crippen molar-refractivity contribution in [3.8, 4) is 0 Å². The van der Waals surface area contributed by atoms with Crippen molar-refractivity contribution in [1.29, 1.82) is 0 Å². The molecule has 1 saturated heterocycles. The van der Waals surface area contributed by atoms with Crippen LogP contribution >= 0.6 is 31.9 Å². The number of anilines is 2. The molecule has 0 spiro atoms. The fourth-order valence-electron chi connectivity index (χ4n) is 2.52. The van der Waals surface area contributed by atoms with E-state index < -0.39 is 0 Å². The maximum atomic E-state index is 12.6. The van der Waals surface area contributed by atoms with Crippen LogP contribution in [-0.4, -0.2) is 32.2 Å². The first-order valence-corrected chi connectivity index (χ1v) is 8.92. The third kappa shape index (κ3) is 3.94. The summed E-state index contributed by atoms with van der Waals surface area (Å²) in [5.74, 6) is -0.134. The van der Waals surface area contributed by atoms with Crippen LogP contribution in [0.15, 0.2) is 51.4 Å². The molecule has 3 rings (SSSR count). The molecule has 1 aliphatic heterocycles. The zero-order valence-corrected chi connectivity index (χ0v) is 15.6. The van der Waals surface area contributed by atoms with E-state index in [0.29, 0.717) is 18.8 Å². The van der Waals surface area contributed by atoms with Crippen molar-refractivity contribution in [1.82, 2.24) is 0 Å². The largest absolute Gasteiger partial charge is 0.378 e. The van der Waals surface area contributed by atoms with Crippen molar-refractivity contribution in [3.05, 3.63) is 57.0 Å². The Hall–Kier alpha value is -1.37. The highest BCUT2D eigenvalue weighted by atomic mass is 79.9. The van der Waals surface area contributed by atoms with E-state index in [9.17, 15) is 4.79 Å². The van der Waals surface area contributed by atoms with Crippen LogP contribution in [0, 0.1) is 0 Å². The van der Waals surface area contributed by atoms with Gasteiger partial charge in [-0.1, -0.05) is 28.1 Å². The van der Waals surface area contributed by atoms with Gasteiger partial charge in [-0.15, -0.1) is 0 Å². The lowest BCUT2D eigenvalue weighted by Crippen LogP contribution is -2.36. The van der Waals surface area contributed by atoms with Gasteiger partial charge in [-0.2, -0.15) is 0 Å². The summed E-state index contributed by atoms with van der Waals surface area (Å²) >= 11 is 6.90. The van der Waals surface area contributed by atoms with Gasteiger partial charge in [0.1, 0.15) is 0 Å². The second-order valence-corrected chi connectivity index (χ2v) is 6.96. The molecule has 6 heteroatoms. The van der Waals surface area contributed by atoms with Gasteiger partial charge >= 0.3 is 0 Å². The SMILES string of the molecule is O=C(Nc1cc(Br)ccc1N1CCOCC1)c1ccccc1Br. The van der Waals surface area contributed by atoms with Crippen molar-refractivity contribution in [2.75, 3.05) is 36.5 Å². The second kappa shape index (κ2) is 7.47. The Kier molecular flexibility index (Phi) is 5.35. The fraction of sp³-hybridized carbons (Fsp3) is 0.235. The number of nitrogens with one attached hydrogen (secondary N) is 1. The van der Waals surface area contributed by atoms with E-state index >= 15 is 0 Å². The molecule has 0 bridgehead atoms. The quantitative estimate of drug-likeness (QED) is 0.775.